The second-order valence-corrected chi connectivity index (χ2v) is 4.64. The molecule has 2 aromatic carbocycles. The van der Waals surface area contributed by atoms with Gasteiger partial charge in [-0.15, -0.1) is 0 Å². The monoisotopic (exact) mass is 272 g/mol. The first-order valence-corrected chi connectivity index (χ1v) is 6.45. The molecule has 20 heavy (non-hydrogen) atoms. The van der Waals surface area contributed by atoms with Crippen LogP contribution in [0.5, 0.6) is 0 Å². The molecule has 2 rings (SSSR count). The Morgan fingerprint density at radius 3 is 2.35 bits per heavy atom. The molecule has 0 saturated carbocycles. The maximum absolute atomic E-state index is 13.6. The van der Waals surface area contributed by atoms with Crippen LogP contribution in [0.15, 0.2) is 54.6 Å². The lowest BCUT2D eigenvalue weighted by atomic mass is 10.0. The standard InChI is InChI=1S/C16H17FN2O/c1-11(13-9-5-6-10-14(13)17)19-16(20)15(18)12-7-3-2-4-8-12/h2-11,15H,18H2,1H3,(H,19,20)/t11-,15?/m1/s1. The number of carbonyl (C=O) groups excluding carboxylic acids is 1. The van der Waals surface area contributed by atoms with Gasteiger partial charge in [0.05, 0.1) is 6.04 Å². The van der Waals surface area contributed by atoms with Crippen molar-refractivity contribution >= 4 is 5.91 Å². The Balaban J connectivity index is 2.07. The van der Waals surface area contributed by atoms with Crippen molar-refractivity contribution in [2.75, 3.05) is 0 Å². The molecule has 1 amide bonds. The zero-order chi connectivity index (χ0) is 14.5. The van der Waals surface area contributed by atoms with Gasteiger partial charge in [-0.1, -0.05) is 48.5 Å². The van der Waals surface area contributed by atoms with Crippen LogP contribution in [-0.2, 0) is 4.79 Å². The Morgan fingerprint density at radius 1 is 1.10 bits per heavy atom. The Bertz CT molecular complexity index is 586. The maximum Gasteiger partial charge on any atom is 0.241 e. The number of nitrogens with two attached hydrogens (primary N) is 1. The van der Waals surface area contributed by atoms with Gasteiger partial charge in [0.2, 0.25) is 5.91 Å². The van der Waals surface area contributed by atoms with Gasteiger partial charge in [0.15, 0.2) is 0 Å². The molecule has 0 aliphatic heterocycles. The van der Waals surface area contributed by atoms with Gasteiger partial charge in [0.1, 0.15) is 11.9 Å². The number of nitrogens with one attached hydrogen (secondary N) is 1. The molecule has 2 atom stereocenters. The molecule has 0 radical (unpaired) electrons. The van der Waals surface area contributed by atoms with Crippen LogP contribution in [0.2, 0.25) is 0 Å². The van der Waals surface area contributed by atoms with Crippen molar-refractivity contribution < 1.29 is 9.18 Å². The Kier molecular flexibility index (Phi) is 4.48. The number of halogens is 1. The normalized spacial score (nSPS) is 13.6. The van der Waals surface area contributed by atoms with E-state index >= 15 is 0 Å². The Hall–Kier alpha value is -2.20. The van der Waals surface area contributed by atoms with Crippen LogP contribution in [0.3, 0.4) is 0 Å². The Morgan fingerprint density at radius 2 is 1.70 bits per heavy atom. The van der Waals surface area contributed by atoms with Gasteiger partial charge in [0.25, 0.3) is 0 Å². The summed E-state index contributed by atoms with van der Waals surface area (Å²) in [4.78, 5) is 12.1. The molecule has 3 nitrogen and oxygen atoms in total. The average molecular weight is 272 g/mol. The minimum Gasteiger partial charge on any atom is -0.348 e. The van der Waals surface area contributed by atoms with Gasteiger partial charge in [-0.05, 0) is 18.6 Å². The quantitative estimate of drug-likeness (QED) is 0.899. The molecule has 104 valence electrons. The molecule has 0 spiro atoms. The first-order chi connectivity index (χ1) is 9.59. The van der Waals surface area contributed by atoms with Crippen LogP contribution in [0.4, 0.5) is 4.39 Å². The first-order valence-electron chi connectivity index (χ1n) is 6.45. The highest BCUT2D eigenvalue weighted by atomic mass is 19.1. The highest BCUT2D eigenvalue weighted by molar-refractivity contribution is 5.83. The van der Waals surface area contributed by atoms with Crippen LogP contribution in [0.25, 0.3) is 0 Å². The smallest absolute Gasteiger partial charge is 0.241 e. The van der Waals surface area contributed by atoms with Crippen molar-refractivity contribution in [1.29, 1.82) is 0 Å². The summed E-state index contributed by atoms with van der Waals surface area (Å²) in [5.74, 6) is -0.666. The second kappa shape index (κ2) is 6.30. The number of carbonyl (C=O) groups is 1. The summed E-state index contributed by atoms with van der Waals surface area (Å²) < 4.78 is 13.6. The average Bonchev–Trinajstić information content (AvgIpc) is 2.47. The molecule has 0 aromatic heterocycles. The zero-order valence-electron chi connectivity index (χ0n) is 11.2. The molecule has 2 aromatic rings. The van der Waals surface area contributed by atoms with E-state index in [9.17, 15) is 9.18 Å². The van der Waals surface area contributed by atoms with E-state index in [0.717, 1.165) is 5.56 Å². The largest absolute Gasteiger partial charge is 0.348 e. The molecule has 0 bridgehead atoms. The zero-order valence-corrected chi connectivity index (χ0v) is 11.2. The summed E-state index contributed by atoms with van der Waals surface area (Å²) in [6.07, 6.45) is 0. The fourth-order valence-corrected chi connectivity index (χ4v) is 2.02. The van der Waals surface area contributed by atoms with E-state index in [4.69, 9.17) is 5.73 Å². The number of rotatable bonds is 4. The predicted molar refractivity (Wildman–Crippen MR) is 76.3 cm³/mol. The van der Waals surface area contributed by atoms with Gasteiger partial charge in [0, 0.05) is 5.56 Å². The molecule has 4 heteroatoms. The molecular formula is C16H17FN2O. The molecule has 1 unspecified atom stereocenters. The summed E-state index contributed by atoms with van der Waals surface area (Å²) in [6, 6.07) is 14.3. The molecule has 0 saturated heterocycles. The van der Waals surface area contributed by atoms with E-state index in [0.29, 0.717) is 5.56 Å². The molecule has 3 N–H and O–H groups in total. The lowest BCUT2D eigenvalue weighted by Crippen LogP contribution is -2.35. The molecular weight excluding hydrogens is 255 g/mol. The molecule has 0 aliphatic rings. The van der Waals surface area contributed by atoms with Crippen molar-refractivity contribution in [3.8, 4) is 0 Å². The summed E-state index contributed by atoms with van der Waals surface area (Å²) in [6.45, 7) is 1.73. The van der Waals surface area contributed by atoms with Crippen molar-refractivity contribution in [3.05, 3.63) is 71.5 Å². The number of benzene rings is 2. The summed E-state index contributed by atoms with van der Waals surface area (Å²) >= 11 is 0. The first kappa shape index (κ1) is 14.2. The maximum atomic E-state index is 13.6. The van der Waals surface area contributed by atoms with Crippen molar-refractivity contribution in [1.82, 2.24) is 5.32 Å². The van der Waals surface area contributed by atoms with E-state index in [2.05, 4.69) is 5.32 Å². The second-order valence-electron chi connectivity index (χ2n) is 4.64. The lowest BCUT2D eigenvalue weighted by molar-refractivity contribution is -0.123. The van der Waals surface area contributed by atoms with Crippen molar-refractivity contribution in [2.45, 2.75) is 19.0 Å². The van der Waals surface area contributed by atoms with Crippen LogP contribution in [0, 0.1) is 5.82 Å². The van der Waals surface area contributed by atoms with Gasteiger partial charge in [-0.3, -0.25) is 4.79 Å². The van der Waals surface area contributed by atoms with Crippen LogP contribution >= 0.6 is 0 Å². The highest BCUT2D eigenvalue weighted by Crippen LogP contribution is 2.17. The van der Waals surface area contributed by atoms with E-state index in [1.54, 1.807) is 37.3 Å². The van der Waals surface area contributed by atoms with Crippen LogP contribution < -0.4 is 11.1 Å². The summed E-state index contributed by atoms with van der Waals surface area (Å²) in [5, 5.41) is 2.73. The van der Waals surface area contributed by atoms with Gasteiger partial charge in [-0.2, -0.15) is 0 Å². The van der Waals surface area contributed by atoms with Crippen molar-refractivity contribution in [2.24, 2.45) is 5.73 Å². The van der Waals surface area contributed by atoms with Gasteiger partial charge >= 0.3 is 0 Å². The number of hydrogen-bond donors (Lipinski definition) is 2. The summed E-state index contributed by atoms with van der Waals surface area (Å²) in [5.41, 5.74) is 7.07. The van der Waals surface area contributed by atoms with E-state index in [1.807, 2.05) is 18.2 Å². The minimum atomic E-state index is -0.759. The van der Waals surface area contributed by atoms with Gasteiger partial charge in [-0.25, -0.2) is 4.39 Å². The van der Waals surface area contributed by atoms with Crippen LogP contribution in [-0.4, -0.2) is 5.91 Å². The molecule has 0 heterocycles. The SMILES string of the molecule is C[C@@H](NC(=O)C(N)c1ccccc1)c1ccccc1F. The fraction of sp³-hybridized carbons (Fsp3) is 0.188. The summed E-state index contributed by atoms with van der Waals surface area (Å²) in [7, 11) is 0. The molecule has 0 aliphatic carbocycles. The van der Waals surface area contributed by atoms with Gasteiger partial charge < -0.3 is 11.1 Å². The lowest BCUT2D eigenvalue weighted by Gasteiger charge is -2.18. The number of amides is 1. The third-order valence-electron chi connectivity index (χ3n) is 3.17. The third-order valence-corrected chi connectivity index (χ3v) is 3.17. The van der Waals surface area contributed by atoms with E-state index < -0.39 is 12.1 Å². The topological polar surface area (TPSA) is 55.1 Å². The third kappa shape index (κ3) is 3.22. The Labute approximate surface area is 117 Å². The fourth-order valence-electron chi connectivity index (χ4n) is 2.02. The predicted octanol–water partition coefficient (Wildman–Crippen LogP) is 2.70. The highest BCUT2D eigenvalue weighted by Gasteiger charge is 2.19. The minimum absolute atomic E-state index is 0.327. The van der Waals surface area contributed by atoms with E-state index in [-0.39, 0.29) is 11.7 Å². The van der Waals surface area contributed by atoms with E-state index in [1.165, 1.54) is 6.07 Å². The number of hydrogen-bond acceptors (Lipinski definition) is 2. The van der Waals surface area contributed by atoms with Crippen molar-refractivity contribution in [3.63, 3.8) is 0 Å². The van der Waals surface area contributed by atoms with Crippen LogP contribution in [0.1, 0.15) is 30.1 Å². The molecule has 0 fully saturated rings.